The molecule has 1 atom stereocenters. The predicted molar refractivity (Wildman–Crippen MR) is 88.7 cm³/mol. The zero-order valence-corrected chi connectivity index (χ0v) is 13.6. The van der Waals surface area contributed by atoms with E-state index in [-0.39, 0.29) is 11.9 Å². The summed E-state index contributed by atoms with van der Waals surface area (Å²) >= 11 is 0. The van der Waals surface area contributed by atoms with Crippen LogP contribution in [0.5, 0.6) is 0 Å². The quantitative estimate of drug-likeness (QED) is 0.685. The maximum Gasteiger partial charge on any atom is 0.253 e. The molecule has 0 aliphatic heterocycles. The van der Waals surface area contributed by atoms with E-state index >= 15 is 0 Å². The molecule has 1 amide bonds. The van der Waals surface area contributed by atoms with Crippen molar-refractivity contribution in [3.8, 4) is 0 Å². The average Bonchev–Trinajstić information content (AvgIpc) is 2.51. The highest BCUT2D eigenvalue weighted by Gasteiger charge is 2.13. The number of aromatic nitrogens is 1. The Morgan fingerprint density at radius 2 is 1.95 bits per heavy atom. The summed E-state index contributed by atoms with van der Waals surface area (Å²) in [5.41, 5.74) is 0.634. The molecule has 1 aromatic rings. The summed E-state index contributed by atoms with van der Waals surface area (Å²) < 4.78 is 0. The second kappa shape index (κ2) is 10.2. The van der Waals surface area contributed by atoms with Crippen LogP contribution in [0.2, 0.25) is 0 Å². The van der Waals surface area contributed by atoms with E-state index in [1.54, 1.807) is 6.20 Å². The summed E-state index contributed by atoms with van der Waals surface area (Å²) in [6.45, 7) is 7.34. The molecule has 0 saturated carbocycles. The molecular weight excluding hydrogens is 262 g/mol. The number of hydrogen-bond acceptors (Lipinski definition) is 3. The van der Waals surface area contributed by atoms with E-state index < -0.39 is 0 Å². The number of amides is 1. The van der Waals surface area contributed by atoms with Crippen LogP contribution in [0.4, 0.5) is 5.82 Å². The average molecular weight is 291 g/mol. The van der Waals surface area contributed by atoms with Gasteiger partial charge in [-0.25, -0.2) is 4.98 Å². The van der Waals surface area contributed by atoms with Crippen molar-refractivity contribution in [1.82, 2.24) is 10.3 Å². The first-order valence-corrected chi connectivity index (χ1v) is 8.22. The zero-order chi connectivity index (χ0) is 15.5. The van der Waals surface area contributed by atoms with Crippen molar-refractivity contribution in [3.05, 3.63) is 23.9 Å². The second-order valence-electron chi connectivity index (χ2n) is 5.46. The van der Waals surface area contributed by atoms with Crippen LogP contribution >= 0.6 is 0 Å². The van der Waals surface area contributed by atoms with Crippen LogP contribution in [0, 0.1) is 0 Å². The highest BCUT2D eigenvalue weighted by Crippen LogP contribution is 2.10. The molecule has 0 spiro atoms. The molecule has 4 heteroatoms. The van der Waals surface area contributed by atoms with Gasteiger partial charge in [0.15, 0.2) is 0 Å². The number of hydrogen-bond donors (Lipinski definition) is 2. The van der Waals surface area contributed by atoms with Crippen LogP contribution < -0.4 is 10.6 Å². The fraction of sp³-hybridized carbons (Fsp3) is 0.647. The van der Waals surface area contributed by atoms with Gasteiger partial charge in [0.25, 0.3) is 5.91 Å². The first-order valence-electron chi connectivity index (χ1n) is 8.22. The van der Waals surface area contributed by atoms with E-state index in [0.29, 0.717) is 5.56 Å². The molecule has 4 nitrogen and oxygen atoms in total. The van der Waals surface area contributed by atoms with Gasteiger partial charge < -0.3 is 10.6 Å². The Hall–Kier alpha value is -1.58. The van der Waals surface area contributed by atoms with E-state index in [1.165, 1.54) is 0 Å². The molecule has 21 heavy (non-hydrogen) atoms. The number of unbranched alkanes of at least 4 members (excludes halogenated alkanes) is 1. The standard InChI is InChI=1S/C17H29N3O/c1-4-7-9-15(8-5-2)20-17(21)14-10-11-16(19-13-14)18-12-6-3/h10-11,13,15H,4-9,12H2,1-3H3,(H,18,19)(H,20,21). The minimum absolute atomic E-state index is 0.0147. The van der Waals surface area contributed by atoms with Crippen molar-refractivity contribution in [1.29, 1.82) is 0 Å². The lowest BCUT2D eigenvalue weighted by Gasteiger charge is -2.17. The van der Waals surface area contributed by atoms with Crippen molar-refractivity contribution < 1.29 is 4.79 Å². The lowest BCUT2D eigenvalue weighted by Crippen LogP contribution is -2.34. The van der Waals surface area contributed by atoms with Crippen LogP contribution in [0.1, 0.15) is 69.7 Å². The van der Waals surface area contributed by atoms with Gasteiger partial charge in [-0.1, -0.05) is 40.0 Å². The number of carbonyl (C=O) groups is 1. The Bertz CT molecular complexity index is 403. The highest BCUT2D eigenvalue weighted by atomic mass is 16.1. The topological polar surface area (TPSA) is 54.0 Å². The molecule has 1 aromatic heterocycles. The SMILES string of the molecule is CCCCC(CCC)NC(=O)c1ccc(NCCC)nc1. The summed E-state index contributed by atoms with van der Waals surface area (Å²) in [4.78, 5) is 16.5. The van der Waals surface area contributed by atoms with Crippen molar-refractivity contribution in [2.75, 3.05) is 11.9 Å². The van der Waals surface area contributed by atoms with Crippen molar-refractivity contribution in [2.45, 2.75) is 65.3 Å². The minimum Gasteiger partial charge on any atom is -0.370 e. The number of pyridine rings is 1. The molecule has 0 saturated heterocycles. The lowest BCUT2D eigenvalue weighted by atomic mass is 10.0. The van der Waals surface area contributed by atoms with E-state index in [1.807, 2.05) is 12.1 Å². The Morgan fingerprint density at radius 3 is 2.52 bits per heavy atom. The van der Waals surface area contributed by atoms with Gasteiger partial charge in [0, 0.05) is 18.8 Å². The van der Waals surface area contributed by atoms with Gasteiger partial charge in [-0.2, -0.15) is 0 Å². The third kappa shape index (κ3) is 6.61. The molecule has 0 bridgehead atoms. The molecule has 1 rings (SSSR count). The maximum atomic E-state index is 12.2. The fourth-order valence-corrected chi connectivity index (χ4v) is 2.24. The Labute approximate surface area is 128 Å². The number of rotatable bonds is 10. The van der Waals surface area contributed by atoms with Crippen molar-refractivity contribution in [3.63, 3.8) is 0 Å². The Kier molecular flexibility index (Phi) is 8.48. The van der Waals surface area contributed by atoms with Crippen LogP contribution in [0.15, 0.2) is 18.3 Å². The molecule has 0 aliphatic carbocycles. The van der Waals surface area contributed by atoms with Crippen molar-refractivity contribution in [2.24, 2.45) is 0 Å². The normalized spacial score (nSPS) is 12.0. The van der Waals surface area contributed by atoms with E-state index in [9.17, 15) is 4.79 Å². The highest BCUT2D eigenvalue weighted by molar-refractivity contribution is 5.94. The number of carbonyl (C=O) groups excluding carboxylic acids is 1. The lowest BCUT2D eigenvalue weighted by molar-refractivity contribution is 0.0932. The molecule has 0 aromatic carbocycles. The number of nitrogens with zero attached hydrogens (tertiary/aromatic N) is 1. The van der Waals surface area contributed by atoms with E-state index in [4.69, 9.17) is 0 Å². The van der Waals surface area contributed by atoms with Gasteiger partial charge in [0.2, 0.25) is 0 Å². The number of anilines is 1. The third-order valence-corrected chi connectivity index (χ3v) is 3.46. The summed E-state index contributed by atoms with van der Waals surface area (Å²) in [6.07, 6.45) is 8.20. The van der Waals surface area contributed by atoms with Crippen molar-refractivity contribution >= 4 is 11.7 Å². The molecule has 1 unspecified atom stereocenters. The fourth-order valence-electron chi connectivity index (χ4n) is 2.24. The molecule has 0 radical (unpaired) electrons. The largest absolute Gasteiger partial charge is 0.370 e. The minimum atomic E-state index is -0.0147. The maximum absolute atomic E-state index is 12.2. The van der Waals surface area contributed by atoms with E-state index in [2.05, 4.69) is 36.4 Å². The van der Waals surface area contributed by atoms with Crippen LogP contribution in [0.3, 0.4) is 0 Å². The smallest absolute Gasteiger partial charge is 0.253 e. The molecule has 118 valence electrons. The van der Waals surface area contributed by atoms with Gasteiger partial charge in [0.1, 0.15) is 5.82 Å². The molecule has 1 heterocycles. The van der Waals surface area contributed by atoms with Crippen LogP contribution in [-0.2, 0) is 0 Å². The van der Waals surface area contributed by atoms with Gasteiger partial charge >= 0.3 is 0 Å². The van der Waals surface area contributed by atoms with Gasteiger partial charge in [-0.3, -0.25) is 4.79 Å². The molecular formula is C17H29N3O. The molecule has 0 fully saturated rings. The van der Waals surface area contributed by atoms with E-state index in [0.717, 1.165) is 50.9 Å². The predicted octanol–water partition coefficient (Wildman–Crippen LogP) is 3.99. The van der Waals surface area contributed by atoms with Gasteiger partial charge in [-0.15, -0.1) is 0 Å². The first-order chi connectivity index (χ1) is 10.2. The summed E-state index contributed by atoms with van der Waals surface area (Å²) in [7, 11) is 0. The van der Waals surface area contributed by atoms with Gasteiger partial charge in [-0.05, 0) is 31.4 Å². The van der Waals surface area contributed by atoms with Gasteiger partial charge in [0.05, 0.1) is 5.56 Å². The second-order valence-corrected chi connectivity index (χ2v) is 5.46. The summed E-state index contributed by atoms with van der Waals surface area (Å²) in [5.74, 6) is 0.809. The monoisotopic (exact) mass is 291 g/mol. The molecule has 0 aliphatic rings. The van der Waals surface area contributed by atoms with Crippen LogP contribution in [0.25, 0.3) is 0 Å². The Balaban J connectivity index is 2.56. The summed E-state index contributed by atoms with van der Waals surface area (Å²) in [5, 5.41) is 6.34. The first kappa shape index (κ1) is 17.5. The van der Waals surface area contributed by atoms with Crippen LogP contribution in [-0.4, -0.2) is 23.5 Å². The Morgan fingerprint density at radius 1 is 1.14 bits per heavy atom. The third-order valence-electron chi connectivity index (χ3n) is 3.46. The molecule has 2 N–H and O–H groups in total. The number of nitrogens with one attached hydrogen (secondary N) is 2. The summed E-state index contributed by atoms with van der Waals surface area (Å²) in [6, 6.07) is 3.98. The zero-order valence-electron chi connectivity index (χ0n) is 13.6.